The molecule has 0 aromatic heterocycles. The van der Waals surface area contributed by atoms with Crippen molar-refractivity contribution in [3.05, 3.63) is 0 Å². The molecule has 1 rings (SSSR count). The topological polar surface area (TPSA) is 6.48 Å². The molecule has 1 aliphatic carbocycles. The van der Waals surface area contributed by atoms with E-state index in [2.05, 4.69) is 44.7 Å². The standard InChI is InChI=1S/C8H17N.C7H17N/c1-3-9(2)7-8-5-4-6-8;1-4-6-7-8(3)5-2/h8H,3-7H2,1-2H3;4-7H2,1-3H3. The third-order valence-electron chi connectivity index (χ3n) is 3.77. The van der Waals surface area contributed by atoms with Crippen molar-refractivity contribution in [2.75, 3.05) is 40.3 Å². The Kier molecular flexibility index (Phi) is 11.0. The van der Waals surface area contributed by atoms with Gasteiger partial charge in [0.15, 0.2) is 0 Å². The van der Waals surface area contributed by atoms with E-state index in [0.29, 0.717) is 0 Å². The number of nitrogens with zero attached hydrogens (tertiary/aromatic N) is 2. The summed E-state index contributed by atoms with van der Waals surface area (Å²) in [4.78, 5) is 4.74. The van der Waals surface area contributed by atoms with Crippen LogP contribution in [0.4, 0.5) is 0 Å². The Morgan fingerprint density at radius 3 is 1.88 bits per heavy atom. The number of unbranched alkanes of at least 4 members (excludes halogenated alkanes) is 1. The van der Waals surface area contributed by atoms with E-state index < -0.39 is 0 Å². The van der Waals surface area contributed by atoms with Crippen molar-refractivity contribution in [2.24, 2.45) is 5.92 Å². The molecule has 0 aromatic rings. The SMILES string of the molecule is CCCCN(C)CC.CCN(C)CC1CCC1. The maximum Gasteiger partial charge on any atom is 0.000649 e. The molecule has 1 saturated carbocycles. The summed E-state index contributed by atoms with van der Waals surface area (Å²) in [6.45, 7) is 11.6. The van der Waals surface area contributed by atoms with Crippen LogP contribution in [0.3, 0.4) is 0 Å². The highest BCUT2D eigenvalue weighted by atomic mass is 15.1. The fourth-order valence-electron chi connectivity index (χ4n) is 1.83. The summed E-state index contributed by atoms with van der Waals surface area (Å²) < 4.78 is 0. The third-order valence-corrected chi connectivity index (χ3v) is 3.77. The molecule has 2 nitrogen and oxygen atoms in total. The molecule has 1 fully saturated rings. The predicted molar refractivity (Wildman–Crippen MR) is 78.6 cm³/mol. The normalized spacial score (nSPS) is 15.7. The van der Waals surface area contributed by atoms with Crippen LogP contribution in [-0.4, -0.2) is 50.1 Å². The lowest BCUT2D eigenvalue weighted by Gasteiger charge is -2.29. The van der Waals surface area contributed by atoms with Crippen LogP contribution in [0.25, 0.3) is 0 Å². The van der Waals surface area contributed by atoms with Crippen molar-refractivity contribution >= 4 is 0 Å². The van der Waals surface area contributed by atoms with Gasteiger partial charge in [0.2, 0.25) is 0 Å². The Hall–Kier alpha value is -0.0800. The zero-order valence-electron chi connectivity index (χ0n) is 12.8. The number of hydrogen-bond donors (Lipinski definition) is 0. The van der Waals surface area contributed by atoms with Gasteiger partial charge >= 0.3 is 0 Å². The Morgan fingerprint density at radius 1 is 0.941 bits per heavy atom. The van der Waals surface area contributed by atoms with E-state index in [1.807, 2.05) is 0 Å². The molecule has 0 aliphatic heterocycles. The highest BCUT2D eigenvalue weighted by molar-refractivity contribution is 4.71. The van der Waals surface area contributed by atoms with E-state index in [0.717, 1.165) is 5.92 Å². The van der Waals surface area contributed by atoms with E-state index in [1.54, 1.807) is 0 Å². The maximum atomic E-state index is 2.41. The summed E-state index contributed by atoms with van der Waals surface area (Å²) in [5, 5.41) is 0. The molecule has 0 atom stereocenters. The van der Waals surface area contributed by atoms with Crippen molar-refractivity contribution in [3.8, 4) is 0 Å². The molecule has 0 unspecified atom stereocenters. The van der Waals surface area contributed by atoms with Gasteiger partial charge in [0.1, 0.15) is 0 Å². The van der Waals surface area contributed by atoms with Crippen LogP contribution in [0.1, 0.15) is 52.9 Å². The van der Waals surface area contributed by atoms with Crippen LogP contribution in [0.5, 0.6) is 0 Å². The first-order valence-electron chi connectivity index (χ1n) is 7.51. The van der Waals surface area contributed by atoms with E-state index in [1.165, 1.54) is 58.3 Å². The third kappa shape index (κ3) is 9.61. The second kappa shape index (κ2) is 11.0. The minimum atomic E-state index is 1.04. The second-order valence-electron chi connectivity index (χ2n) is 5.40. The summed E-state index contributed by atoms with van der Waals surface area (Å²) in [6.07, 6.45) is 7.07. The highest BCUT2D eigenvalue weighted by Crippen LogP contribution is 2.26. The Morgan fingerprint density at radius 2 is 1.53 bits per heavy atom. The van der Waals surface area contributed by atoms with Gasteiger partial charge in [-0.2, -0.15) is 0 Å². The first-order valence-corrected chi connectivity index (χ1v) is 7.51. The highest BCUT2D eigenvalue weighted by Gasteiger charge is 2.17. The minimum Gasteiger partial charge on any atom is -0.307 e. The van der Waals surface area contributed by atoms with E-state index in [9.17, 15) is 0 Å². The Bertz CT molecular complexity index is 152. The molecular weight excluding hydrogens is 208 g/mol. The maximum absolute atomic E-state index is 2.41. The molecule has 0 radical (unpaired) electrons. The fraction of sp³-hybridized carbons (Fsp3) is 1.00. The van der Waals surface area contributed by atoms with Gasteiger partial charge in [-0.05, 0) is 58.9 Å². The summed E-state index contributed by atoms with van der Waals surface area (Å²) >= 11 is 0. The van der Waals surface area contributed by atoms with E-state index in [-0.39, 0.29) is 0 Å². The van der Waals surface area contributed by atoms with Gasteiger partial charge in [-0.15, -0.1) is 0 Å². The zero-order chi connectivity index (χ0) is 13.1. The molecule has 0 heterocycles. The fourth-order valence-corrected chi connectivity index (χ4v) is 1.83. The molecule has 17 heavy (non-hydrogen) atoms. The van der Waals surface area contributed by atoms with Gasteiger partial charge in [0.25, 0.3) is 0 Å². The quantitative estimate of drug-likeness (QED) is 0.674. The zero-order valence-corrected chi connectivity index (χ0v) is 12.8. The molecule has 0 N–H and O–H groups in total. The molecular formula is C15H34N2. The molecule has 0 bridgehead atoms. The Balaban J connectivity index is 0.000000304. The van der Waals surface area contributed by atoms with Gasteiger partial charge in [-0.1, -0.05) is 33.6 Å². The lowest BCUT2D eigenvalue weighted by atomic mass is 9.85. The predicted octanol–water partition coefficient (Wildman–Crippen LogP) is 3.48. The minimum absolute atomic E-state index is 1.04. The monoisotopic (exact) mass is 242 g/mol. The van der Waals surface area contributed by atoms with Crippen LogP contribution in [0.15, 0.2) is 0 Å². The summed E-state index contributed by atoms with van der Waals surface area (Å²) in [5.74, 6) is 1.04. The largest absolute Gasteiger partial charge is 0.307 e. The number of hydrogen-bond acceptors (Lipinski definition) is 2. The van der Waals surface area contributed by atoms with Gasteiger partial charge in [0, 0.05) is 6.54 Å². The van der Waals surface area contributed by atoms with Crippen molar-refractivity contribution in [1.29, 1.82) is 0 Å². The van der Waals surface area contributed by atoms with Gasteiger partial charge in [-0.3, -0.25) is 0 Å². The van der Waals surface area contributed by atoms with Crippen molar-refractivity contribution in [3.63, 3.8) is 0 Å². The second-order valence-corrected chi connectivity index (χ2v) is 5.40. The van der Waals surface area contributed by atoms with Crippen molar-refractivity contribution in [1.82, 2.24) is 9.80 Å². The van der Waals surface area contributed by atoms with E-state index >= 15 is 0 Å². The molecule has 104 valence electrons. The lowest BCUT2D eigenvalue weighted by Crippen LogP contribution is -2.29. The van der Waals surface area contributed by atoms with Crippen LogP contribution in [0, 0.1) is 5.92 Å². The van der Waals surface area contributed by atoms with E-state index in [4.69, 9.17) is 0 Å². The molecule has 0 spiro atoms. The van der Waals surface area contributed by atoms with Crippen LogP contribution in [0.2, 0.25) is 0 Å². The smallest absolute Gasteiger partial charge is 0.000649 e. The van der Waals surface area contributed by atoms with Gasteiger partial charge in [0.05, 0.1) is 0 Å². The molecule has 2 heteroatoms. The molecule has 1 aliphatic rings. The lowest BCUT2D eigenvalue weighted by molar-refractivity contribution is 0.212. The first kappa shape index (κ1) is 16.9. The number of rotatable bonds is 7. The molecule has 0 aromatic carbocycles. The summed E-state index contributed by atoms with van der Waals surface area (Å²) in [6, 6.07) is 0. The average molecular weight is 242 g/mol. The first-order chi connectivity index (χ1) is 8.13. The molecule has 0 amide bonds. The van der Waals surface area contributed by atoms with Gasteiger partial charge < -0.3 is 9.80 Å². The average Bonchev–Trinajstić information content (AvgIpc) is 2.31. The Labute approximate surface area is 109 Å². The van der Waals surface area contributed by atoms with Crippen molar-refractivity contribution in [2.45, 2.75) is 52.9 Å². The molecule has 0 saturated heterocycles. The van der Waals surface area contributed by atoms with Crippen molar-refractivity contribution < 1.29 is 0 Å². The van der Waals surface area contributed by atoms with Crippen LogP contribution in [-0.2, 0) is 0 Å². The van der Waals surface area contributed by atoms with Crippen LogP contribution >= 0.6 is 0 Å². The van der Waals surface area contributed by atoms with Crippen LogP contribution < -0.4 is 0 Å². The summed E-state index contributed by atoms with van der Waals surface area (Å²) in [5.41, 5.74) is 0. The van der Waals surface area contributed by atoms with Gasteiger partial charge in [-0.25, -0.2) is 0 Å². The summed E-state index contributed by atoms with van der Waals surface area (Å²) in [7, 11) is 4.37.